The highest BCUT2D eigenvalue weighted by Gasteiger charge is 2.35. The second-order valence-corrected chi connectivity index (χ2v) is 10.2. The molecule has 33 heavy (non-hydrogen) atoms. The Balaban J connectivity index is 1.69. The van der Waals surface area contributed by atoms with E-state index in [1.807, 2.05) is 0 Å². The van der Waals surface area contributed by atoms with Gasteiger partial charge in [-0.3, -0.25) is 19.2 Å². The molecule has 176 valence electrons. The number of nitrogens with zero attached hydrogens (tertiary/aromatic N) is 1. The van der Waals surface area contributed by atoms with Crippen LogP contribution in [0.1, 0.15) is 52.3 Å². The lowest BCUT2D eigenvalue weighted by molar-refractivity contribution is -0.124. The van der Waals surface area contributed by atoms with Gasteiger partial charge in [0.2, 0.25) is 11.8 Å². The highest BCUT2D eigenvalue weighted by Crippen LogP contribution is 2.25. The SMILES string of the molecule is CNC(=O)[C@@H]1CCCN1C(=O)c1ccc(NC(=O)C(C)(C)NC(=O)c2ccc(Cl)s2)cc1C. The summed E-state index contributed by atoms with van der Waals surface area (Å²) in [5.74, 6) is -1.17. The molecule has 0 spiro atoms. The fourth-order valence-corrected chi connectivity index (χ4v) is 4.65. The normalized spacial score (nSPS) is 15.8. The smallest absolute Gasteiger partial charge is 0.262 e. The number of thiophene rings is 1. The second kappa shape index (κ2) is 9.93. The largest absolute Gasteiger partial charge is 0.357 e. The lowest BCUT2D eigenvalue weighted by Crippen LogP contribution is -2.52. The average Bonchev–Trinajstić information content (AvgIpc) is 3.42. The highest BCUT2D eigenvalue weighted by atomic mass is 35.5. The molecule has 1 fully saturated rings. The third-order valence-corrected chi connectivity index (χ3v) is 6.80. The summed E-state index contributed by atoms with van der Waals surface area (Å²) in [5.41, 5.74) is 0.466. The van der Waals surface area contributed by atoms with E-state index in [0.717, 1.165) is 17.8 Å². The van der Waals surface area contributed by atoms with E-state index < -0.39 is 17.5 Å². The van der Waals surface area contributed by atoms with Crippen LogP contribution in [0.25, 0.3) is 0 Å². The van der Waals surface area contributed by atoms with Crippen molar-refractivity contribution in [1.29, 1.82) is 0 Å². The summed E-state index contributed by atoms with van der Waals surface area (Å²) < 4.78 is 0.489. The van der Waals surface area contributed by atoms with Crippen molar-refractivity contribution >= 4 is 52.3 Å². The summed E-state index contributed by atoms with van der Waals surface area (Å²) in [6.07, 6.45) is 1.41. The van der Waals surface area contributed by atoms with Gasteiger partial charge < -0.3 is 20.9 Å². The van der Waals surface area contributed by atoms with Crippen LogP contribution in [0.2, 0.25) is 4.34 Å². The van der Waals surface area contributed by atoms with Crippen LogP contribution < -0.4 is 16.0 Å². The van der Waals surface area contributed by atoms with E-state index in [0.29, 0.717) is 39.0 Å². The van der Waals surface area contributed by atoms with Gasteiger partial charge in [0.05, 0.1) is 9.21 Å². The van der Waals surface area contributed by atoms with Gasteiger partial charge in [0.15, 0.2) is 0 Å². The van der Waals surface area contributed by atoms with Crippen molar-refractivity contribution in [3.8, 4) is 0 Å². The van der Waals surface area contributed by atoms with E-state index in [4.69, 9.17) is 11.6 Å². The summed E-state index contributed by atoms with van der Waals surface area (Å²) in [4.78, 5) is 52.4. The van der Waals surface area contributed by atoms with Gasteiger partial charge in [-0.1, -0.05) is 11.6 Å². The Hall–Kier alpha value is -2.91. The number of likely N-dealkylation sites (N-methyl/N-ethyl adjacent to an activating group) is 1. The van der Waals surface area contributed by atoms with Crippen LogP contribution in [0.4, 0.5) is 5.69 Å². The van der Waals surface area contributed by atoms with Crippen molar-refractivity contribution in [1.82, 2.24) is 15.5 Å². The summed E-state index contributed by atoms with van der Waals surface area (Å²) >= 11 is 7.01. The third kappa shape index (κ3) is 5.54. The Kier molecular flexibility index (Phi) is 7.44. The standard InChI is InChI=1S/C23H27ClN4O4S/c1-13-12-14(7-8-15(13)21(31)28-11-5-6-16(28)19(29)25-4)26-22(32)23(2,3)27-20(30)17-9-10-18(24)33-17/h7-10,12,16H,5-6,11H2,1-4H3,(H,25,29)(H,26,32)(H,27,30)/t16-/m0/s1. The highest BCUT2D eigenvalue weighted by molar-refractivity contribution is 7.18. The van der Waals surface area contributed by atoms with Crippen molar-refractivity contribution in [3.05, 3.63) is 50.7 Å². The van der Waals surface area contributed by atoms with E-state index in [1.54, 1.807) is 63.1 Å². The lowest BCUT2D eigenvalue weighted by Gasteiger charge is -2.26. The maximum atomic E-state index is 13.1. The van der Waals surface area contributed by atoms with Gasteiger partial charge >= 0.3 is 0 Å². The van der Waals surface area contributed by atoms with E-state index in [1.165, 1.54) is 0 Å². The topological polar surface area (TPSA) is 108 Å². The van der Waals surface area contributed by atoms with Crippen LogP contribution in [0.5, 0.6) is 0 Å². The number of likely N-dealkylation sites (tertiary alicyclic amines) is 1. The summed E-state index contributed by atoms with van der Waals surface area (Å²) in [7, 11) is 1.56. The Morgan fingerprint density at radius 1 is 1.15 bits per heavy atom. The predicted molar refractivity (Wildman–Crippen MR) is 129 cm³/mol. The monoisotopic (exact) mass is 490 g/mol. The molecule has 1 aliphatic rings. The minimum Gasteiger partial charge on any atom is -0.357 e. The van der Waals surface area contributed by atoms with Crippen LogP contribution >= 0.6 is 22.9 Å². The van der Waals surface area contributed by atoms with Crippen LogP contribution in [0, 0.1) is 6.92 Å². The zero-order chi connectivity index (χ0) is 24.3. The molecule has 2 heterocycles. The minimum atomic E-state index is -1.19. The number of hydrogen-bond acceptors (Lipinski definition) is 5. The number of aryl methyl sites for hydroxylation is 1. The minimum absolute atomic E-state index is 0.170. The number of halogens is 1. The fraction of sp³-hybridized carbons (Fsp3) is 0.391. The van der Waals surface area contributed by atoms with Crippen molar-refractivity contribution in [3.63, 3.8) is 0 Å². The molecule has 3 N–H and O–H groups in total. The quantitative estimate of drug-likeness (QED) is 0.577. The third-order valence-electron chi connectivity index (χ3n) is 5.57. The van der Waals surface area contributed by atoms with Crippen molar-refractivity contribution < 1.29 is 19.2 Å². The number of rotatable bonds is 6. The van der Waals surface area contributed by atoms with Gasteiger partial charge in [-0.05, 0) is 69.5 Å². The number of amides is 4. The molecular formula is C23H27ClN4O4S. The number of anilines is 1. The first-order chi connectivity index (χ1) is 15.5. The van der Waals surface area contributed by atoms with Crippen molar-refractivity contribution in [2.75, 3.05) is 18.9 Å². The van der Waals surface area contributed by atoms with Crippen molar-refractivity contribution in [2.24, 2.45) is 0 Å². The zero-order valence-electron chi connectivity index (χ0n) is 19.0. The fourth-order valence-electron chi connectivity index (χ4n) is 3.71. The molecule has 4 amide bonds. The van der Waals surface area contributed by atoms with Crippen LogP contribution in [-0.4, -0.2) is 53.7 Å². The Morgan fingerprint density at radius 3 is 2.48 bits per heavy atom. The first-order valence-corrected chi connectivity index (χ1v) is 11.8. The van der Waals surface area contributed by atoms with Crippen molar-refractivity contribution in [2.45, 2.75) is 45.2 Å². The predicted octanol–water partition coefficient (Wildman–Crippen LogP) is 3.21. The molecule has 1 atom stereocenters. The van der Waals surface area contributed by atoms with E-state index in [2.05, 4.69) is 16.0 Å². The molecule has 0 unspecified atom stereocenters. The molecule has 3 rings (SSSR count). The molecular weight excluding hydrogens is 464 g/mol. The number of carbonyl (C=O) groups excluding carboxylic acids is 4. The molecule has 10 heteroatoms. The van der Waals surface area contributed by atoms with E-state index in [9.17, 15) is 19.2 Å². The summed E-state index contributed by atoms with van der Waals surface area (Å²) in [6.45, 7) is 5.51. The molecule has 1 aliphatic heterocycles. The molecule has 0 bridgehead atoms. The summed E-state index contributed by atoms with van der Waals surface area (Å²) in [6, 6.07) is 7.74. The van der Waals surface area contributed by atoms with Crippen LogP contribution in [-0.2, 0) is 9.59 Å². The van der Waals surface area contributed by atoms with Crippen LogP contribution in [0.3, 0.4) is 0 Å². The number of benzene rings is 1. The molecule has 0 saturated carbocycles. The van der Waals surface area contributed by atoms with Gasteiger partial charge in [0, 0.05) is 24.8 Å². The van der Waals surface area contributed by atoms with E-state index in [-0.39, 0.29) is 17.7 Å². The molecule has 1 saturated heterocycles. The molecule has 0 aliphatic carbocycles. The van der Waals surface area contributed by atoms with E-state index >= 15 is 0 Å². The van der Waals surface area contributed by atoms with Crippen LogP contribution in [0.15, 0.2) is 30.3 Å². The van der Waals surface area contributed by atoms with Gasteiger partial charge in [-0.2, -0.15) is 0 Å². The Bertz CT molecular complexity index is 1100. The average molecular weight is 491 g/mol. The van der Waals surface area contributed by atoms with Gasteiger partial charge in [0.25, 0.3) is 11.8 Å². The lowest BCUT2D eigenvalue weighted by atomic mass is 10.0. The zero-order valence-corrected chi connectivity index (χ0v) is 20.5. The molecule has 0 radical (unpaired) electrons. The number of nitrogens with one attached hydrogen (secondary N) is 3. The first-order valence-electron chi connectivity index (χ1n) is 10.6. The van der Waals surface area contributed by atoms with Gasteiger partial charge in [-0.25, -0.2) is 0 Å². The second-order valence-electron chi connectivity index (χ2n) is 8.44. The van der Waals surface area contributed by atoms with Gasteiger partial charge in [-0.15, -0.1) is 11.3 Å². The maximum Gasteiger partial charge on any atom is 0.262 e. The molecule has 2 aromatic rings. The summed E-state index contributed by atoms with van der Waals surface area (Å²) in [5, 5.41) is 8.11. The maximum absolute atomic E-state index is 13.1. The molecule has 1 aromatic heterocycles. The first kappa shape index (κ1) is 24.7. The number of hydrogen-bond donors (Lipinski definition) is 3. The Morgan fingerprint density at radius 2 is 1.88 bits per heavy atom. The molecule has 8 nitrogen and oxygen atoms in total. The number of carbonyl (C=O) groups is 4. The Labute approximate surface area is 201 Å². The molecule has 1 aromatic carbocycles. The van der Waals surface area contributed by atoms with Gasteiger partial charge in [0.1, 0.15) is 11.6 Å².